The monoisotopic (exact) mass is 1280 g/mol. The lowest BCUT2D eigenvalue weighted by atomic mass is 9.99. The van der Waals surface area contributed by atoms with Crippen LogP contribution in [-0.2, 0) is 14.3 Å². The van der Waals surface area contributed by atoms with Crippen molar-refractivity contribution < 1.29 is 39.8 Å². The van der Waals surface area contributed by atoms with Crippen molar-refractivity contribution in [2.45, 2.75) is 358 Å². The first-order chi connectivity index (χ1) is 45.3. The molecule has 526 valence electrons. The molecule has 0 radical (unpaired) electrons. The molecule has 0 saturated carbocycles. The second-order valence-corrected chi connectivity index (χ2v) is 25.7. The number of aliphatic hydroxyl groups is 5. The van der Waals surface area contributed by atoms with E-state index >= 15 is 0 Å². The molecule has 1 heterocycles. The van der Waals surface area contributed by atoms with E-state index in [1.807, 2.05) is 6.08 Å². The fraction of sp³-hybridized carbons (Fsp3) is 0.699. The van der Waals surface area contributed by atoms with E-state index < -0.39 is 49.5 Å². The molecule has 1 aliphatic rings. The summed E-state index contributed by atoms with van der Waals surface area (Å²) in [6.45, 7) is 3.67. The Morgan fingerprint density at radius 3 is 1.04 bits per heavy atom. The molecule has 0 aromatic rings. The van der Waals surface area contributed by atoms with Crippen LogP contribution >= 0.6 is 0 Å². The van der Waals surface area contributed by atoms with Crippen molar-refractivity contribution in [3.63, 3.8) is 0 Å². The summed E-state index contributed by atoms with van der Waals surface area (Å²) < 4.78 is 11.3. The average molecular weight is 1280 g/mol. The van der Waals surface area contributed by atoms with E-state index in [-0.39, 0.29) is 12.5 Å². The van der Waals surface area contributed by atoms with E-state index in [1.54, 1.807) is 6.08 Å². The second kappa shape index (κ2) is 69.9. The fourth-order valence-corrected chi connectivity index (χ4v) is 11.3. The van der Waals surface area contributed by atoms with Crippen molar-refractivity contribution in [1.82, 2.24) is 5.32 Å². The van der Waals surface area contributed by atoms with Crippen LogP contribution in [0, 0.1) is 0 Å². The average Bonchev–Trinajstić information content (AvgIpc) is 1.00. The predicted molar refractivity (Wildman–Crippen MR) is 396 cm³/mol. The molecule has 0 spiro atoms. The molecule has 1 fully saturated rings. The molecule has 9 heteroatoms. The lowest BCUT2D eigenvalue weighted by Crippen LogP contribution is -2.60. The van der Waals surface area contributed by atoms with Crippen LogP contribution in [0.2, 0.25) is 0 Å². The van der Waals surface area contributed by atoms with Gasteiger partial charge in [-0.05, 0) is 109 Å². The third-order valence-corrected chi connectivity index (χ3v) is 17.1. The van der Waals surface area contributed by atoms with Gasteiger partial charge in [0.05, 0.1) is 25.4 Å². The van der Waals surface area contributed by atoms with E-state index in [4.69, 9.17) is 9.47 Å². The number of amides is 1. The Hall–Kier alpha value is -3.93. The van der Waals surface area contributed by atoms with Gasteiger partial charge >= 0.3 is 0 Å². The van der Waals surface area contributed by atoms with E-state index in [0.29, 0.717) is 6.42 Å². The number of unbranched alkanes of at least 4 members (excludes halogenated alkanes) is 33. The molecule has 9 nitrogen and oxygen atoms in total. The molecule has 1 aliphatic heterocycles. The maximum Gasteiger partial charge on any atom is 0.220 e. The van der Waals surface area contributed by atoms with Crippen LogP contribution in [0.1, 0.15) is 316 Å². The van der Waals surface area contributed by atoms with Crippen molar-refractivity contribution >= 4 is 5.91 Å². The summed E-state index contributed by atoms with van der Waals surface area (Å²) >= 11 is 0. The van der Waals surface area contributed by atoms with Crippen LogP contribution in [0.25, 0.3) is 0 Å². The number of ether oxygens (including phenoxy) is 2. The molecule has 6 N–H and O–H groups in total. The molecular weight excluding hydrogens is 1140 g/mol. The van der Waals surface area contributed by atoms with Gasteiger partial charge in [-0.25, -0.2) is 0 Å². The van der Waals surface area contributed by atoms with E-state index in [0.717, 1.165) is 116 Å². The van der Waals surface area contributed by atoms with Crippen LogP contribution < -0.4 is 5.32 Å². The van der Waals surface area contributed by atoms with Gasteiger partial charge in [-0.3, -0.25) is 4.79 Å². The number of rotatable bonds is 65. The molecule has 0 aromatic carbocycles. The topological polar surface area (TPSA) is 149 Å². The molecule has 0 aromatic heterocycles. The highest BCUT2D eigenvalue weighted by atomic mass is 16.7. The molecule has 7 unspecified atom stereocenters. The third kappa shape index (κ3) is 57.5. The van der Waals surface area contributed by atoms with Gasteiger partial charge in [0.1, 0.15) is 24.4 Å². The highest BCUT2D eigenvalue weighted by molar-refractivity contribution is 5.76. The zero-order valence-corrected chi connectivity index (χ0v) is 59.0. The number of aliphatic hydroxyl groups excluding tert-OH is 5. The Morgan fingerprint density at radius 1 is 0.380 bits per heavy atom. The van der Waals surface area contributed by atoms with E-state index in [9.17, 15) is 30.3 Å². The Bertz CT molecular complexity index is 1970. The number of hydrogen-bond donors (Lipinski definition) is 6. The minimum atomic E-state index is -1.58. The summed E-state index contributed by atoms with van der Waals surface area (Å²) in [5.41, 5.74) is 0. The van der Waals surface area contributed by atoms with Gasteiger partial charge in [0, 0.05) is 6.42 Å². The fourth-order valence-electron chi connectivity index (χ4n) is 11.3. The summed E-state index contributed by atoms with van der Waals surface area (Å²) in [6.07, 6.45) is 101. The van der Waals surface area contributed by atoms with Crippen LogP contribution in [-0.4, -0.2) is 87.5 Å². The highest BCUT2D eigenvalue weighted by Crippen LogP contribution is 2.23. The first kappa shape index (κ1) is 86.1. The van der Waals surface area contributed by atoms with Gasteiger partial charge < -0.3 is 40.3 Å². The quantitative estimate of drug-likeness (QED) is 0.0261. The first-order valence-corrected chi connectivity index (χ1v) is 38.1. The van der Waals surface area contributed by atoms with Crippen molar-refractivity contribution in [2.24, 2.45) is 0 Å². The lowest BCUT2D eigenvalue weighted by molar-refractivity contribution is -0.302. The summed E-state index contributed by atoms with van der Waals surface area (Å²) in [6, 6.07) is -0.836. The Labute approximate surface area is 565 Å². The summed E-state index contributed by atoms with van der Waals surface area (Å²) in [4.78, 5) is 13.2. The zero-order chi connectivity index (χ0) is 66.4. The number of allylic oxidation sites excluding steroid dienone is 23. The molecule has 7 atom stereocenters. The van der Waals surface area contributed by atoms with Gasteiger partial charge in [0.15, 0.2) is 6.29 Å². The predicted octanol–water partition coefficient (Wildman–Crippen LogP) is 21.7. The molecule has 0 bridgehead atoms. The molecule has 1 saturated heterocycles. The van der Waals surface area contributed by atoms with Crippen molar-refractivity contribution in [3.05, 3.63) is 146 Å². The van der Waals surface area contributed by atoms with Crippen molar-refractivity contribution in [2.75, 3.05) is 13.2 Å². The van der Waals surface area contributed by atoms with Gasteiger partial charge in [-0.2, -0.15) is 0 Å². The molecular formula is C83H141NO8. The first-order valence-electron chi connectivity index (χ1n) is 38.1. The van der Waals surface area contributed by atoms with Crippen LogP contribution in [0.5, 0.6) is 0 Å². The van der Waals surface area contributed by atoms with Gasteiger partial charge in [-0.1, -0.05) is 346 Å². The number of carbonyl (C=O) groups excluding carboxylic acids is 1. The maximum atomic E-state index is 13.2. The SMILES string of the molecule is CC/C=C\C/C=C\C/C=C\C/C=C\C/C=C\C/C=C\C/C=C\C/C=C\C/C=C\C/C=C\CCCCCCCCCCCCC(=O)NC(COC1OC(CO)C(O)C(O)C1O)C(O)/C=C/CC/C=C/CCCCCCCCCCCCCCCCCCCCCCCC. The van der Waals surface area contributed by atoms with Crippen LogP contribution in [0.3, 0.4) is 0 Å². The Kier molecular flexibility index (Phi) is 65.4. The maximum absolute atomic E-state index is 13.2. The lowest BCUT2D eigenvalue weighted by Gasteiger charge is -2.40. The normalized spacial score (nSPS) is 18.5. The van der Waals surface area contributed by atoms with Crippen LogP contribution in [0.15, 0.2) is 146 Å². The summed E-state index contributed by atoms with van der Waals surface area (Å²) in [5, 5.41) is 54.8. The number of hydrogen-bond acceptors (Lipinski definition) is 8. The van der Waals surface area contributed by atoms with E-state index in [1.165, 1.54) is 180 Å². The van der Waals surface area contributed by atoms with Gasteiger partial charge in [-0.15, -0.1) is 0 Å². The van der Waals surface area contributed by atoms with Crippen LogP contribution in [0.4, 0.5) is 0 Å². The molecule has 92 heavy (non-hydrogen) atoms. The molecule has 1 amide bonds. The third-order valence-electron chi connectivity index (χ3n) is 17.1. The number of nitrogens with one attached hydrogen (secondary N) is 1. The number of carbonyl (C=O) groups is 1. The standard InChI is InChI=1S/C83H141NO8/c1-3-5-7-9-11-13-15-17-19-21-23-25-27-29-31-33-34-35-36-37-38-39-40-41-42-43-44-45-47-49-51-53-55-57-59-61-63-65-67-69-71-73-79(87)84-76(75-91-83-82(90)81(89)80(88)78(74-85)92-83)77(86)72-70-68-66-64-62-60-58-56-54-52-50-48-46-32-30-28-26-24-22-20-18-16-14-12-10-8-6-4-2/h5,7,11,13,17,19,23,25,29,31,34-35,37-38,40-41,43-44,47,49,62,64,70,72,76-78,80-83,85-86,88-90H,3-4,6,8-10,12,14-16,18,20-22,24,26-28,30,32-33,36,39,42,45-46,48,50-61,63,65-69,71,73-75H2,1-2H3,(H,84,87)/b7-5-,13-11-,19-17-,25-23-,31-29-,35-34-,38-37-,41-40-,44-43-,49-47-,64-62+,72-70+. The van der Waals surface area contributed by atoms with Crippen molar-refractivity contribution in [1.29, 1.82) is 0 Å². The smallest absolute Gasteiger partial charge is 0.220 e. The largest absolute Gasteiger partial charge is 0.394 e. The Morgan fingerprint density at radius 2 is 0.685 bits per heavy atom. The highest BCUT2D eigenvalue weighted by Gasteiger charge is 2.44. The van der Waals surface area contributed by atoms with Gasteiger partial charge in [0.25, 0.3) is 0 Å². The summed E-state index contributed by atoms with van der Waals surface area (Å²) in [7, 11) is 0. The molecule has 0 aliphatic carbocycles. The second-order valence-electron chi connectivity index (χ2n) is 25.7. The van der Waals surface area contributed by atoms with Crippen molar-refractivity contribution in [3.8, 4) is 0 Å². The van der Waals surface area contributed by atoms with Gasteiger partial charge in [0.2, 0.25) is 5.91 Å². The zero-order valence-electron chi connectivity index (χ0n) is 59.0. The van der Waals surface area contributed by atoms with E-state index in [2.05, 4.69) is 153 Å². The minimum absolute atomic E-state index is 0.194. The molecule has 1 rings (SSSR count). The Balaban J connectivity index is 2.15. The minimum Gasteiger partial charge on any atom is -0.394 e. The summed E-state index contributed by atoms with van der Waals surface area (Å²) in [5.74, 6) is -0.194.